The SMILES string of the molecule is CCN(CC)CCN(Cc1cccs1)C(=O)CC1CC2CCC(C1)N2. The van der Waals surface area contributed by atoms with E-state index in [1.165, 1.54) is 30.6 Å². The molecule has 2 bridgehead atoms. The number of carbonyl (C=O) groups is 1. The molecule has 5 heteroatoms. The maximum Gasteiger partial charge on any atom is 0.223 e. The van der Waals surface area contributed by atoms with Gasteiger partial charge >= 0.3 is 0 Å². The van der Waals surface area contributed by atoms with Crippen molar-refractivity contribution in [2.45, 2.75) is 64.6 Å². The number of carbonyl (C=O) groups excluding carboxylic acids is 1. The number of nitrogens with zero attached hydrogens (tertiary/aromatic N) is 2. The van der Waals surface area contributed by atoms with Crippen molar-refractivity contribution in [1.29, 1.82) is 0 Å². The molecule has 0 aliphatic carbocycles. The summed E-state index contributed by atoms with van der Waals surface area (Å²) in [5.41, 5.74) is 0. The number of thiophene rings is 1. The molecule has 2 unspecified atom stereocenters. The van der Waals surface area contributed by atoms with Crippen LogP contribution in [0.2, 0.25) is 0 Å². The molecule has 1 aromatic rings. The molecule has 1 aromatic heterocycles. The zero-order valence-electron chi connectivity index (χ0n) is 15.7. The normalized spacial score (nSPS) is 25.5. The van der Waals surface area contributed by atoms with Crippen molar-refractivity contribution in [3.8, 4) is 0 Å². The number of likely N-dealkylation sites (N-methyl/N-ethyl adjacent to an activating group) is 1. The lowest BCUT2D eigenvalue weighted by atomic mass is 9.89. The van der Waals surface area contributed by atoms with Gasteiger partial charge in [-0.2, -0.15) is 0 Å². The zero-order valence-corrected chi connectivity index (χ0v) is 16.6. The minimum absolute atomic E-state index is 0.354. The van der Waals surface area contributed by atoms with Crippen LogP contribution < -0.4 is 5.32 Å². The van der Waals surface area contributed by atoms with Gasteiger partial charge in [0.05, 0.1) is 6.54 Å². The molecule has 1 amide bonds. The van der Waals surface area contributed by atoms with E-state index < -0.39 is 0 Å². The number of fused-ring (bicyclic) bond motifs is 2. The summed E-state index contributed by atoms with van der Waals surface area (Å²) in [4.78, 5) is 18.8. The van der Waals surface area contributed by atoms with Gasteiger partial charge in [0, 0.05) is 36.5 Å². The van der Waals surface area contributed by atoms with Gasteiger partial charge in [-0.25, -0.2) is 0 Å². The second-order valence-electron chi connectivity index (χ2n) is 7.60. The third kappa shape index (κ3) is 5.28. The van der Waals surface area contributed by atoms with Gasteiger partial charge in [-0.15, -0.1) is 11.3 Å². The van der Waals surface area contributed by atoms with Crippen molar-refractivity contribution in [3.63, 3.8) is 0 Å². The summed E-state index contributed by atoms with van der Waals surface area (Å²) >= 11 is 1.75. The van der Waals surface area contributed by atoms with Crippen molar-refractivity contribution >= 4 is 17.2 Å². The first-order chi connectivity index (χ1) is 12.2. The molecule has 0 spiro atoms. The Balaban J connectivity index is 1.57. The predicted molar refractivity (Wildman–Crippen MR) is 105 cm³/mol. The van der Waals surface area contributed by atoms with E-state index in [0.29, 0.717) is 23.9 Å². The number of piperidine rings is 1. The summed E-state index contributed by atoms with van der Waals surface area (Å²) in [7, 11) is 0. The average Bonchev–Trinajstić information content (AvgIpc) is 3.24. The summed E-state index contributed by atoms with van der Waals surface area (Å²) in [5.74, 6) is 0.928. The van der Waals surface area contributed by atoms with Crippen LogP contribution in [0.3, 0.4) is 0 Å². The number of hydrogen-bond acceptors (Lipinski definition) is 4. The van der Waals surface area contributed by atoms with Crippen LogP contribution in [0.5, 0.6) is 0 Å². The Labute approximate surface area is 156 Å². The lowest BCUT2D eigenvalue weighted by molar-refractivity contribution is -0.133. The van der Waals surface area contributed by atoms with E-state index in [-0.39, 0.29) is 0 Å². The maximum absolute atomic E-state index is 13.1. The molecule has 2 saturated heterocycles. The van der Waals surface area contributed by atoms with E-state index in [9.17, 15) is 4.79 Å². The van der Waals surface area contributed by atoms with Crippen LogP contribution in [0, 0.1) is 5.92 Å². The summed E-state index contributed by atoms with van der Waals surface area (Å²) in [6.07, 6.45) is 5.71. The zero-order chi connectivity index (χ0) is 17.6. The van der Waals surface area contributed by atoms with Gasteiger partial charge in [-0.05, 0) is 56.1 Å². The van der Waals surface area contributed by atoms with Crippen LogP contribution in [-0.4, -0.2) is 54.0 Å². The highest BCUT2D eigenvalue weighted by Gasteiger charge is 2.34. The lowest BCUT2D eigenvalue weighted by Crippen LogP contribution is -2.42. The molecule has 3 rings (SSSR count). The summed E-state index contributed by atoms with van der Waals surface area (Å²) in [6, 6.07) is 5.56. The van der Waals surface area contributed by atoms with E-state index in [4.69, 9.17) is 0 Å². The highest BCUT2D eigenvalue weighted by atomic mass is 32.1. The van der Waals surface area contributed by atoms with Crippen molar-refractivity contribution < 1.29 is 4.79 Å². The number of rotatable bonds is 9. The van der Waals surface area contributed by atoms with Crippen LogP contribution >= 0.6 is 11.3 Å². The van der Waals surface area contributed by atoms with Gasteiger partial charge < -0.3 is 15.1 Å². The average molecular weight is 364 g/mol. The standard InChI is InChI=1S/C20H33N3OS/c1-3-22(4-2)9-10-23(15-19-6-5-11-25-19)20(24)14-16-12-17-7-8-18(13-16)21-17/h5-6,11,16-18,21H,3-4,7-10,12-15H2,1-2H3. The molecule has 3 heterocycles. The molecule has 140 valence electrons. The number of amides is 1. The van der Waals surface area contributed by atoms with Crippen LogP contribution in [0.15, 0.2) is 17.5 Å². The molecule has 2 fully saturated rings. The topological polar surface area (TPSA) is 35.6 Å². The van der Waals surface area contributed by atoms with Gasteiger partial charge in [-0.1, -0.05) is 19.9 Å². The fourth-order valence-corrected chi connectivity index (χ4v) is 5.12. The number of nitrogens with one attached hydrogen (secondary N) is 1. The molecule has 1 N–H and O–H groups in total. The molecule has 2 aliphatic rings. The van der Waals surface area contributed by atoms with Crippen molar-refractivity contribution in [2.75, 3.05) is 26.2 Å². The van der Waals surface area contributed by atoms with Crippen molar-refractivity contribution in [1.82, 2.24) is 15.1 Å². The fourth-order valence-electron chi connectivity index (χ4n) is 4.40. The number of hydrogen-bond donors (Lipinski definition) is 1. The molecule has 25 heavy (non-hydrogen) atoms. The van der Waals surface area contributed by atoms with Crippen LogP contribution in [-0.2, 0) is 11.3 Å². The minimum atomic E-state index is 0.354. The molecule has 2 aliphatic heterocycles. The third-order valence-corrected chi connectivity index (χ3v) is 6.76. The molecule has 0 radical (unpaired) electrons. The Morgan fingerprint density at radius 3 is 2.52 bits per heavy atom. The van der Waals surface area contributed by atoms with Gasteiger partial charge in [0.25, 0.3) is 0 Å². The lowest BCUT2D eigenvalue weighted by Gasteiger charge is -2.31. The highest BCUT2D eigenvalue weighted by molar-refractivity contribution is 7.09. The predicted octanol–water partition coefficient (Wildman–Crippen LogP) is 3.34. The second-order valence-corrected chi connectivity index (χ2v) is 8.63. The van der Waals surface area contributed by atoms with E-state index >= 15 is 0 Å². The second kappa shape index (κ2) is 9.15. The summed E-state index contributed by atoms with van der Waals surface area (Å²) in [5, 5.41) is 5.79. The molecule has 0 aromatic carbocycles. The van der Waals surface area contributed by atoms with Crippen molar-refractivity contribution in [3.05, 3.63) is 22.4 Å². The summed E-state index contributed by atoms with van der Waals surface area (Å²) in [6.45, 7) is 9.08. The molecule has 0 saturated carbocycles. The van der Waals surface area contributed by atoms with E-state index in [0.717, 1.165) is 39.1 Å². The maximum atomic E-state index is 13.1. The van der Waals surface area contributed by atoms with Gasteiger partial charge in [0.2, 0.25) is 5.91 Å². The Morgan fingerprint density at radius 1 is 1.20 bits per heavy atom. The summed E-state index contributed by atoms with van der Waals surface area (Å²) < 4.78 is 0. The fraction of sp³-hybridized carbons (Fsp3) is 0.750. The van der Waals surface area contributed by atoms with E-state index in [2.05, 4.69) is 46.5 Å². The van der Waals surface area contributed by atoms with E-state index in [1.807, 2.05) is 0 Å². The Kier molecular flexibility index (Phi) is 6.91. The van der Waals surface area contributed by atoms with Crippen LogP contribution in [0.1, 0.15) is 50.8 Å². The quantitative estimate of drug-likeness (QED) is 0.731. The van der Waals surface area contributed by atoms with Gasteiger partial charge in [-0.3, -0.25) is 4.79 Å². The smallest absolute Gasteiger partial charge is 0.223 e. The van der Waals surface area contributed by atoms with Crippen LogP contribution in [0.25, 0.3) is 0 Å². The molecular formula is C20H33N3OS. The largest absolute Gasteiger partial charge is 0.336 e. The Bertz CT molecular complexity index is 517. The first-order valence-corrected chi connectivity index (χ1v) is 10.8. The molecule has 2 atom stereocenters. The third-order valence-electron chi connectivity index (χ3n) is 5.89. The minimum Gasteiger partial charge on any atom is -0.336 e. The van der Waals surface area contributed by atoms with Gasteiger partial charge in [0.1, 0.15) is 0 Å². The Hall–Kier alpha value is -0.910. The first-order valence-electron chi connectivity index (χ1n) is 9.96. The van der Waals surface area contributed by atoms with E-state index in [1.54, 1.807) is 11.3 Å². The highest BCUT2D eigenvalue weighted by Crippen LogP contribution is 2.33. The van der Waals surface area contributed by atoms with Gasteiger partial charge in [0.15, 0.2) is 0 Å². The Morgan fingerprint density at radius 2 is 1.92 bits per heavy atom. The van der Waals surface area contributed by atoms with Crippen LogP contribution in [0.4, 0.5) is 0 Å². The monoisotopic (exact) mass is 363 g/mol. The molecular weight excluding hydrogens is 330 g/mol. The molecule has 4 nitrogen and oxygen atoms in total. The first kappa shape index (κ1) is 18.9. The van der Waals surface area contributed by atoms with Crippen molar-refractivity contribution in [2.24, 2.45) is 5.92 Å².